The molecule has 0 saturated carbocycles. The van der Waals surface area contributed by atoms with Gasteiger partial charge in [-0.05, 0) is 17.5 Å². The van der Waals surface area contributed by atoms with Crippen LogP contribution in [0.5, 0.6) is 0 Å². The quantitative estimate of drug-likeness (QED) is 0.611. The monoisotopic (exact) mass is 290 g/mol. The molecule has 1 aliphatic heterocycles. The lowest BCUT2D eigenvalue weighted by atomic mass is 9.95. The fourth-order valence-electron chi connectivity index (χ4n) is 2.44. The number of nitrogens with one attached hydrogen (secondary N) is 1. The van der Waals surface area contributed by atoms with Gasteiger partial charge in [0.1, 0.15) is 0 Å². The Morgan fingerprint density at radius 2 is 1.67 bits per heavy atom. The molecule has 0 saturated heterocycles. The van der Waals surface area contributed by atoms with E-state index in [1.54, 1.807) is 0 Å². The van der Waals surface area contributed by atoms with Crippen molar-refractivity contribution < 1.29 is 14.4 Å². The zero-order chi connectivity index (χ0) is 15.4. The SMILES string of the molecule is NC(=O)CN(CC(N)=O)C(=O)[C@@H]1Cc2ccccc2CN1. The fraction of sp³-hybridized carbons (Fsp3) is 0.357. The lowest BCUT2D eigenvalue weighted by molar-refractivity contribution is -0.139. The number of benzene rings is 1. The number of primary amides is 2. The van der Waals surface area contributed by atoms with Gasteiger partial charge in [0.15, 0.2) is 0 Å². The van der Waals surface area contributed by atoms with Crippen LogP contribution >= 0.6 is 0 Å². The number of rotatable bonds is 5. The van der Waals surface area contributed by atoms with E-state index in [4.69, 9.17) is 11.5 Å². The highest BCUT2D eigenvalue weighted by Crippen LogP contribution is 2.17. The van der Waals surface area contributed by atoms with Crippen molar-refractivity contribution in [3.63, 3.8) is 0 Å². The van der Waals surface area contributed by atoms with Crippen molar-refractivity contribution in [2.45, 2.75) is 19.0 Å². The van der Waals surface area contributed by atoms with Gasteiger partial charge in [-0.15, -0.1) is 0 Å². The highest BCUT2D eigenvalue weighted by atomic mass is 16.2. The molecule has 5 N–H and O–H groups in total. The van der Waals surface area contributed by atoms with Gasteiger partial charge in [0.25, 0.3) is 0 Å². The molecular formula is C14H18N4O3. The maximum atomic E-state index is 12.4. The van der Waals surface area contributed by atoms with Crippen LogP contribution in [0.15, 0.2) is 24.3 Å². The zero-order valence-electron chi connectivity index (χ0n) is 11.5. The molecule has 3 amide bonds. The number of nitrogens with zero attached hydrogens (tertiary/aromatic N) is 1. The first-order chi connectivity index (χ1) is 9.97. The summed E-state index contributed by atoms with van der Waals surface area (Å²) < 4.78 is 0. The lowest BCUT2D eigenvalue weighted by Crippen LogP contribution is -2.53. The molecule has 0 radical (unpaired) electrons. The first kappa shape index (κ1) is 15.0. The molecule has 0 aromatic heterocycles. The van der Waals surface area contributed by atoms with E-state index in [2.05, 4.69) is 5.32 Å². The molecule has 1 aromatic carbocycles. The summed E-state index contributed by atoms with van der Waals surface area (Å²) in [6.45, 7) is -0.0727. The van der Waals surface area contributed by atoms with Crippen molar-refractivity contribution in [3.05, 3.63) is 35.4 Å². The molecular weight excluding hydrogens is 272 g/mol. The Balaban J connectivity index is 2.11. The average Bonchev–Trinajstić information content (AvgIpc) is 2.44. The lowest BCUT2D eigenvalue weighted by Gasteiger charge is -2.29. The van der Waals surface area contributed by atoms with Gasteiger partial charge in [-0.25, -0.2) is 0 Å². The van der Waals surface area contributed by atoms with Crippen LogP contribution in [0.25, 0.3) is 0 Å². The van der Waals surface area contributed by atoms with E-state index in [9.17, 15) is 14.4 Å². The Hall–Kier alpha value is -2.41. The summed E-state index contributed by atoms with van der Waals surface area (Å²) in [6.07, 6.45) is 0.503. The third-order valence-electron chi connectivity index (χ3n) is 3.38. The average molecular weight is 290 g/mol. The van der Waals surface area contributed by atoms with Crippen molar-refractivity contribution >= 4 is 17.7 Å². The summed E-state index contributed by atoms with van der Waals surface area (Å²) in [5, 5.41) is 3.11. The van der Waals surface area contributed by atoms with Gasteiger partial charge in [-0.1, -0.05) is 24.3 Å². The molecule has 1 heterocycles. The van der Waals surface area contributed by atoms with E-state index >= 15 is 0 Å². The molecule has 7 nitrogen and oxygen atoms in total. The molecule has 7 heteroatoms. The van der Waals surface area contributed by atoms with E-state index in [-0.39, 0.29) is 19.0 Å². The normalized spacial score (nSPS) is 16.9. The number of hydrogen-bond donors (Lipinski definition) is 3. The Labute approximate surface area is 122 Å². The summed E-state index contributed by atoms with van der Waals surface area (Å²) in [6, 6.07) is 7.32. The summed E-state index contributed by atoms with van der Waals surface area (Å²) in [5.74, 6) is -1.70. The van der Waals surface area contributed by atoms with Gasteiger partial charge in [0.2, 0.25) is 17.7 Å². The van der Waals surface area contributed by atoms with E-state index < -0.39 is 17.9 Å². The second-order valence-corrected chi connectivity index (χ2v) is 5.03. The molecule has 0 unspecified atom stereocenters. The zero-order valence-corrected chi connectivity index (χ0v) is 11.5. The van der Waals surface area contributed by atoms with Crippen molar-refractivity contribution in [1.29, 1.82) is 0 Å². The molecule has 0 bridgehead atoms. The summed E-state index contributed by atoms with van der Waals surface area (Å²) in [7, 11) is 0. The Morgan fingerprint density at radius 3 is 2.24 bits per heavy atom. The Kier molecular flexibility index (Phi) is 4.54. The standard InChI is InChI=1S/C14H18N4O3/c15-12(19)7-18(8-13(16)20)14(21)11-5-9-3-1-2-4-10(9)6-17-11/h1-4,11,17H,5-8H2,(H2,15,19)(H2,16,20)/t11-/m0/s1. The number of fused-ring (bicyclic) bond motifs is 1. The van der Waals surface area contributed by atoms with Gasteiger partial charge in [0, 0.05) is 6.54 Å². The maximum absolute atomic E-state index is 12.4. The molecule has 0 aliphatic carbocycles. The Bertz CT molecular complexity index is 557. The van der Waals surface area contributed by atoms with Crippen LogP contribution in [0.1, 0.15) is 11.1 Å². The maximum Gasteiger partial charge on any atom is 0.240 e. The van der Waals surface area contributed by atoms with Gasteiger partial charge >= 0.3 is 0 Å². The smallest absolute Gasteiger partial charge is 0.240 e. The minimum atomic E-state index is -0.680. The summed E-state index contributed by atoms with van der Waals surface area (Å²) in [4.78, 5) is 35.6. The van der Waals surface area contributed by atoms with Crippen LogP contribution in [0.3, 0.4) is 0 Å². The molecule has 1 aliphatic rings. The minimum Gasteiger partial charge on any atom is -0.368 e. The van der Waals surface area contributed by atoms with Crippen molar-refractivity contribution in [1.82, 2.24) is 10.2 Å². The van der Waals surface area contributed by atoms with Crippen LogP contribution < -0.4 is 16.8 Å². The highest BCUT2D eigenvalue weighted by molar-refractivity contribution is 5.90. The topological polar surface area (TPSA) is 119 Å². The molecule has 2 rings (SSSR count). The van der Waals surface area contributed by atoms with E-state index in [1.807, 2.05) is 24.3 Å². The van der Waals surface area contributed by atoms with Crippen molar-refractivity contribution in [3.8, 4) is 0 Å². The van der Waals surface area contributed by atoms with Crippen LogP contribution in [0.4, 0.5) is 0 Å². The number of carbonyl (C=O) groups excluding carboxylic acids is 3. The summed E-state index contributed by atoms with van der Waals surface area (Å²) in [5.41, 5.74) is 12.4. The van der Waals surface area contributed by atoms with Gasteiger partial charge < -0.3 is 21.7 Å². The summed E-state index contributed by atoms with van der Waals surface area (Å²) >= 11 is 0. The minimum absolute atomic E-state index is 0.318. The third kappa shape index (κ3) is 3.79. The van der Waals surface area contributed by atoms with Crippen molar-refractivity contribution in [2.24, 2.45) is 11.5 Å². The first-order valence-electron chi connectivity index (χ1n) is 6.63. The third-order valence-corrected chi connectivity index (χ3v) is 3.38. The van der Waals surface area contributed by atoms with E-state index in [0.717, 1.165) is 16.0 Å². The molecule has 1 aromatic rings. The van der Waals surface area contributed by atoms with Gasteiger partial charge in [-0.3, -0.25) is 14.4 Å². The van der Waals surface area contributed by atoms with E-state index in [1.165, 1.54) is 0 Å². The van der Waals surface area contributed by atoms with Crippen LogP contribution in [-0.4, -0.2) is 41.8 Å². The largest absolute Gasteiger partial charge is 0.368 e. The first-order valence-corrected chi connectivity index (χ1v) is 6.63. The van der Waals surface area contributed by atoms with Crippen LogP contribution in [0, 0.1) is 0 Å². The van der Waals surface area contributed by atoms with Crippen LogP contribution in [0.2, 0.25) is 0 Å². The second-order valence-electron chi connectivity index (χ2n) is 5.03. The van der Waals surface area contributed by atoms with Crippen molar-refractivity contribution in [2.75, 3.05) is 13.1 Å². The number of amides is 3. The molecule has 0 fully saturated rings. The number of carbonyl (C=O) groups is 3. The van der Waals surface area contributed by atoms with Gasteiger partial charge in [0.05, 0.1) is 19.1 Å². The molecule has 0 spiro atoms. The van der Waals surface area contributed by atoms with Crippen LogP contribution in [-0.2, 0) is 27.3 Å². The fourth-order valence-corrected chi connectivity index (χ4v) is 2.44. The molecule has 112 valence electrons. The number of nitrogens with two attached hydrogens (primary N) is 2. The van der Waals surface area contributed by atoms with E-state index in [0.29, 0.717) is 13.0 Å². The predicted molar refractivity (Wildman–Crippen MR) is 75.7 cm³/mol. The number of hydrogen-bond acceptors (Lipinski definition) is 4. The second kappa shape index (κ2) is 6.36. The molecule has 21 heavy (non-hydrogen) atoms. The predicted octanol–water partition coefficient (Wildman–Crippen LogP) is -1.50. The Morgan fingerprint density at radius 1 is 1.10 bits per heavy atom. The highest BCUT2D eigenvalue weighted by Gasteiger charge is 2.29. The molecule has 1 atom stereocenters. The van der Waals surface area contributed by atoms with Gasteiger partial charge in [-0.2, -0.15) is 0 Å².